The molecule has 0 bridgehead atoms. The monoisotopic (exact) mass is 907 g/mol. The molecule has 0 saturated carbocycles. The molecular weight excluding hydrogens is 863 g/mol. The van der Waals surface area contributed by atoms with Gasteiger partial charge in [0.2, 0.25) is 0 Å². The first kappa shape index (κ1) is 40.1. The molecule has 14 rings (SSSR count). The SMILES string of the molecule is c1ccc(-c2ccccc2-n2c3ccccc3c3ccc(-n4c5ccccc5c5cc([Si](c6ccccc6)(c6ccccc6)c6ccccc6)c(-n6c7ccccc7c7ccccc76)cc54)cc32)cc1. The Morgan fingerprint density at radius 1 is 0.243 bits per heavy atom. The zero-order valence-electron chi connectivity index (χ0n) is 38.3. The van der Waals surface area contributed by atoms with E-state index in [1.54, 1.807) is 0 Å². The molecule has 0 radical (unpaired) electrons. The molecular formula is C66H45N3Si. The van der Waals surface area contributed by atoms with Gasteiger partial charge in [-0.05, 0) is 80.9 Å². The Morgan fingerprint density at radius 3 is 1.16 bits per heavy atom. The lowest BCUT2D eigenvalue weighted by Crippen LogP contribution is -2.75. The molecule has 0 saturated heterocycles. The summed E-state index contributed by atoms with van der Waals surface area (Å²) in [4.78, 5) is 0. The first-order valence-electron chi connectivity index (χ1n) is 24.2. The topological polar surface area (TPSA) is 14.8 Å². The molecule has 0 unspecified atom stereocenters. The van der Waals surface area contributed by atoms with E-state index >= 15 is 0 Å². The van der Waals surface area contributed by atoms with E-state index in [9.17, 15) is 0 Å². The van der Waals surface area contributed by atoms with Crippen LogP contribution in [0.25, 0.3) is 93.6 Å². The van der Waals surface area contributed by atoms with Gasteiger partial charge in [-0.2, -0.15) is 0 Å². The average Bonchev–Trinajstić information content (AvgIpc) is 4.07. The van der Waals surface area contributed by atoms with Crippen molar-refractivity contribution < 1.29 is 0 Å². The van der Waals surface area contributed by atoms with Crippen LogP contribution in [0.5, 0.6) is 0 Å². The Kier molecular flexibility index (Phi) is 9.23. The number of fused-ring (bicyclic) bond motifs is 9. The standard InChI is InChI=1S/C66H45N3Si/c1-5-23-46(24-6-1)51-31-13-18-36-58(51)68-60-38-20-16-34-54(60)56-42-41-47(43-63(56)68)67-59-37-19-17-35-55(59)57-44-66(65(45-64(57)67)69-61-39-21-14-32-52(61)53-33-15-22-40-62(53)69)70(48-25-7-2-8-26-48,49-27-9-3-10-28-49)50-29-11-4-12-30-50/h1-45H. The van der Waals surface area contributed by atoms with Crippen molar-refractivity contribution in [3.63, 3.8) is 0 Å². The van der Waals surface area contributed by atoms with Gasteiger partial charge in [0.1, 0.15) is 0 Å². The fourth-order valence-corrected chi connectivity index (χ4v) is 16.8. The highest BCUT2D eigenvalue weighted by molar-refractivity contribution is 7.20. The maximum atomic E-state index is 2.60. The minimum absolute atomic E-state index is 1.11. The number of para-hydroxylation sites is 5. The molecule has 70 heavy (non-hydrogen) atoms. The fraction of sp³-hybridized carbons (Fsp3) is 0. The molecule has 0 aliphatic rings. The zero-order chi connectivity index (χ0) is 46.2. The van der Waals surface area contributed by atoms with Gasteiger partial charge in [-0.1, -0.05) is 218 Å². The van der Waals surface area contributed by atoms with Crippen molar-refractivity contribution >= 4 is 94.2 Å². The van der Waals surface area contributed by atoms with Gasteiger partial charge in [-0.3, -0.25) is 0 Å². The van der Waals surface area contributed by atoms with E-state index in [0.29, 0.717) is 0 Å². The predicted molar refractivity (Wildman–Crippen MR) is 299 cm³/mol. The second-order valence-corrected chi connectivity index (χ2v) is 22.2. The lowest BCUT2D eigenvalue weighted by atomic mass is 10.0. The molecule has 0 amide bonds. The van der Waals surface area contributed by atoms with Crippen LogP contribution in [0.15, 0.2) is 273 Å². The molecule has 328 valence electrons. The van der Waals surface area contributed by atoms with E-state index < -0.39 is 8.07 Å². The van der Waals surface area contributed by atoms with Crippen molar-refractivity contribution in [3.05, 3.63) is 273 Å². The van der Waals surface area contributed by atoms with Crippen LogP contribution in [0.4, 0.5) is 0 Å². The van der Waals surface area contributed by atoms with E-state index in [2.05, 4.69) is 287 Å². The van der Waals surface area contributed by atoms with Crippen LogP contribution in [-0.4, -0.2) is 21.8 Å². The minimum atomic E-state index is -3.12. The van der Waals surface area contributed by atoms with Crippen molar-refractivity contribution in [2.24, 2.45) is 0 Å². The molecule has 0 N–H and O–H groups in total. The van der Waals surface area contributed by atoms with E-state index in [-0.39, 0.29) is 0 Å². The third-order valence-electron chi connectivity index (χ3n) is 14.8. The fourth-order valence-electron chi connectivity index (χ4n) is 11.9. The maximum Gasteiger partial charge on any atom is 0.181 e. The highest BCUT2D eigenvalue weighted by atomic mass is 28.3. The van der Waals surface area contributed by atoms with E-state index in [4.69, 9.17) is 0 Å². The van der Waals surface area contributed by atoms with Crippen LogP contribution < -0.4 is 20.7 Å². The van der Waals surface area contributed by atoms with Crippen LogP contribution in [0.2, 0.25) is 0 Å². The van der Waals surface area contributed by atoms with E-state index in [1.165, 1.54) is 91.9 Å². The molecule has 0 aliphatic carbocycles. The smallest absolute Gasteiger partial charge is 0.181 e. The molecule has 0 fully saturated rings. The molecule has 3 aromatic heterocycles. The Hall–Kier alpha value is -8.96. The number of benzene rings is 11. The zero-order valence-corrected chi connectivity index (χ0v) is 39.3. The molecule has 0 spiro atoms. The van der Waals surface area contributed by atoms with Crippen LogP contribution in [0.1, 0.15) is 0 Å². The molecule has 11 aromatic carbocycles. The van der Waals surface area contributed by atoms with Gasteiger partial charge in [-0.25, -0.2) is 0 Å². The molecule has 3 heterocycles. The quantitative estimate of drug-likeness (QED) is 0.107. The highest BCUT2D eigenvalue weighted by Crippen LogP contribution is 2.41. The molecule has 0 aliphatic heterocycles. The summed E-state index contributed by atoms with van der Waals surface area (Å²) in [6, 6.07) is 102. The highest BCUT2D eigenvalue weighted by Gasteiger charge is 2.44. The lowest BCUT2D eigenvalue weighted by Gasteiger charge is -2.36. The Bertz CT molecular complexity index is 4130. The van der Waals surface area contributed by atoms with Crippen molar-refractivity contribution in [1.29, 1.82) is 0 Å². The Labute approximate surface area is 407 Å². The molecule has 0 atom stereocenters. The van der Waals surface area contributed by atoms with Gasteiger partial charge in [0.05, 0.1) is 38.8 Å². The van der Waals surface area contributed by atoms with Gasteiger partial charge < -0.3 is 13.7 Å². The lowest BCUT2D eigenvalue weighted by molar-refractivity contribution is 1.15. The van der Waals surface area contributed by atoms with Gasteiger partial charge in [-0.15, -0.1) is 0 Å². The number of aromatic nitrogens is 3. The van der Waals surface area contributed by atoms with Gasteiger partial charge in [0.15, 0.2) is 8.07 Å². The predicted octanol–water partition coefficient (Wildman–Crippen LogP) is 14.0. The van der Waals surface area contributed by atoms with Crippen LogP contribution in [-0.2, 0) is 0 Å². The third-order valence-corrected chi connectivity index (χ3v) is 19.6. The normalized spacial score (nSPS) is 12.0. The van der Waals surface area contributed by atoms with E-state index in [0.717, 1.165) is 22.4 Å². The second-order valence-electron chi connectivity index (χ2n) is 18.4. The summed E-state index contributed by atoms with van der Waals surface area (Å²) in [7, 11) is -3.12. The van der Waals surface area contributed by atoms with Gasteiger partial charge >= 0.3 is 0 Å². The van der Waals surface area contributed by atoms with Gasteiger partial charge in [0, 0.05) is 49.3 Å². The maximum absolute atomic E-state index is 3.12. The molecule has 4 heteroatoms. The molecule has 14 aromatic rings. The second kappa shape index (κ2) is 16.1. The van der Waals surface area contributed by atoms with Crippen LogP contribution in [0.3, 0.4) is 0 Å². The van der Waals surface area contributed by atoms with E-state index in [1.807, 2.05) is 0 Å². The number of hydrogen-bond acceptors (Lipinski definition) is 0. The van der Waals surface area contributed by atoms with Gasteiger partial charge in [0.25, 0.3) is 0 Å². The molecule has 3 nitrogen and oxygen atoms in total. The number of hydrogen-bond donors (Lipinski definition) is 0. The summed E-state index contributed by atoms with van der Waals surface area (Å²) in [5, 5.41) is 12.7. The largest absolute Gasteiger partial charge is 0.309 e. The summed E-state index contributed by atoms with van der Waals surface area (Å²) in [5.41, 5.74) is 12.9. The van der Waals surface area contributed by atoms with Crippen molar-refractivity contribution in [2.45, 2.75) is 0 Å². The summed E-state index contributed by atoms with van der Waals surface area (Å²) in [6.45, 7) is 0. The summed E-state index contributed by atoms with van der Waals surface area (Å²) in [5.74, 6) is 0. The summed E-state index contributed by atoms with van der Waals surface area (Å²) >= 11 is 0. The van der Waals surface area contributed by atoms with Crippen molar-refractivity contribution in [1.82, 2.24) is 13.7 Å². The average molecular weight is 908 g/mol. The number of nitrogens with zero attached hydrogens (tertiary/aromatic N) is 3. The van der Waals surface area contributed by atoms with Crippen LogP contribution in [0, 0.1) is 0 Å². The first-order valence-corrected chi connectivity index (χ1v) is 26.2. The van der Waals surface area contributed by atoms with Crippen molar-refractivity contribution in [3.8, 4) is 28.2 Å². The van der Waals surface area contributed by atoms with Crippen molar-refractivity contribution in [2.75, 3.05) is 0 Å². The minimum Gasteiger partial charge on any atom is -0.309 e. The summed E-state index contributed by atoms with van der Waals surface area (Å²) in [6.07, 6.45) is 0. The Balaban J connectivity index is 1.14. The first-order chi connectivity index (χ1) is 34.8. The van der Waals surface area contributed by atoms with Crippen LogP contribution >= 0.6 is 0 Å². The Morgan fingerprint density at radius 2 is 0.629 bits per heavy atom. The third kappa shape index (κ3) is 5.94. The summed E-state index contributed by atoms with van der Waals surface area (Å²) < 4.78 is 7.57. The number of rotatable bonds is 8.